The van der Waals surface area contributed by atoms with Crippen molar-refractivity contribution in [1.82, 2.24) is 20.0 Å². The van der Waals surface area contributed by atoms with Crippen LogP contribution in [0.15, 0.2) is 36.4 Å². The molecule has 0 fully saturated rings. The van der Waals surface area contributed by atoms with Gasteiger partial charge in [0.15, 0.2) is 5.82 Å². The first kappa shape index (κ1) is 17.0. The van der Waals surface area contributed by atoms with Crippen LogP contribution in [0.4, 0.5) is 10.6 Å². The van der Waals surface area contributed by atoms with Crippen LogP contribution in [-0.4, -0.2) is 46.9 Å². The van der Waals surface area contributed by atoms with E-state index in [1.165, 1.54) is 0 Å². The summed E-state index contributed by atoms with van der Waals surface area (Å²) >= 11 is 0. The number of urea groups is 1. The minimum atomic E-state index is -0.227. The third kappa shape index (κ3) is 4.82. The monoisotopic (exact) mass is 315 g/mol. The molecule has 0 unspecified atom stereocenters. The average molecular weight is 315 g/mol. The van der Waals surface area contributed by atoms with E-state index in [1.54, 1.807) is 4.68 Å². The number of hydrogen-bond acceptors (Lipinski definition) is 3. The van der Waals surface area contributed by atoms with Crippen LogP contribution in [-0.2, 0) is 7.05 Å². The van der Waals surface area contributed by atoms with Crippen molar-refractivity contribution in [3.8, 4) is 11.3 Å². The topological polar surface area (TPSA) is 62.2 Å². The molecule has 1 aromatic carbocycles. The number of nitrogens with one attached hydrogen (secondary N) is 2. The molecule has 6 heteroatoms. The number of likely N-dealkylation sites (N-methyl/N-ethyl adjacent to an activating group) is 1. The zero-order valence-corrected chi connectivity index (χ0v) is 14.0. The minimum Gasteiger partial charge on any atom is -0.337 e. The molecule has 23 heavy (non-hydrogen) atoms. The Hall–Kier alpha value is -2.34. The lowest BCUT2D eigenvalue weighted by molar-refractivity contribution is 0.247. The standard InChI is InChI=1S/C17H25N5O/c1-4-22(5-2)12-11-18-17(23)19-16-13-15(21(3)20-16)14-9-7-6-8-10-14/h6-10,13H,4-5,11-12H2,1-3H3,(H2,18,19,20,23). The quantitative estimate of drug-likeness (QED) is 0.825. The predicted octanol–water partition coefficient (Wildman–Crippen LogP) is 2.55. The van der Waals surface area contributed by atoms with Gasteiger partial charge < -0.3 is 10.2 Å². The molecule has 124 valence electrons. The average Bonchev–Trinajstić information content (AvgIpc) is 2.92. The molecule has 2 aromatic rings. The maximum Gasteiger partial charge on any atom is 0.320 e. The van der Waals surface area contributed by atoms with E-state index in [1.807, 2.05) is 43.4 Å². The van der Waals surface area contributed by atoms with Crippen LogP contribution < -0.4 is 10.6 Å². The first-order chi connectivity index (χ1) is 11.1. The fraction of sp³-hybridized carbons (Fsp3) is 0.412. The van der Waals surface area contributed by atoms with Gasteiger partial charge >= 0.3 is 6.03 Å². The Morgan fingerprint density at radius 2 is 1.91 bits per heavy atom. The normalized spacial score (nSPS) is 10.8. The lowest BCUT2D eigenvalue weighted by Crippen LogP contribution is -2.36. The number of carbonyl (C=O) groups excluding carboxylic acids is 1. The molecule has 2 rings (SSSR count). The van der Waals surface area contributed by atoms with Crippen LogP contribution >= 0.6 is 0 Å². The molecule has 0 aliphatic heterocycles. The molecular formula is C17H25N5O. The number of anilines is 1. The van der Waals surface area contributed by atoms with Crippen LogP contribution in [0, 0.1) is 0 Å². The van der Waals surface area contributed by atoms with Crippen LogP contribution in [0.1, 0.15) is 13.8 Å². The summed E-state index contributed by atoms with van der Waals surface area (Å²) in [6, 6.07) is 11.6. The Labute approximate surface area is 137 Å². The third-order valence-corrected chi connectivity index (χ3v) is 3.80. The second-order valence-electron chi connectivity index (χ2n) is 5.31. The van der Waals surface area contributed by atoms with Gasteiger partial charge in [-0.25, -0.2) is 4.79 Å². The van der Waals surface area contributed by atoms with Crippen molar-refractivity contribution < 1.29 is 4.79 Å². The van der Waals surface area contributed by atoms with E-state index < -0.39 is 0 Å². The third-order valence-electron chi connectivity index (χ3n) is 3.80. The lowest BCUT2D eigenvalue weighted by atomic mass is 10.1. The van der Waals surface area contributed by atoms with Gasteiger partial charge in [0.25, 0.3) is 0 Å². The van der Waals surface area contributed by atoms with Crippen molar-refractivity contribution in [2.45, 2.75) is 13.8 Å². The Morgan fingerprint density at radius 3 is 2.57 bits per heavy atom. The Kier molecular flexibility index (Phi) is 6.17. The van der Waals surface area contributed by atoms with Gasteiger partial charge in [0, 0.05) is 26.2 Å². The summed E-state index contributed by atoms with van der Waals surface area (Å²) in [5.41, 5.74) is 2.03. The summed E-state index contributed by atoms with van der Waals surface area (Å²) in [4.78, 5) is 14.2. The number of aromatic nitrogens is 2. The Bertz CT molecular complexity index is 619. The predicted molar refractivity (Wildman–Crippen MR) is 93.5 cm³/mol. The van der Waals surface area contributed by atoms with Crippen molar-refractivity contribution >= 4 is 11.8 Å². The first-order valence-corrected chi connectivity index (χ1v) is 8.00. The van der Waals surface area contributed by atoms with E-state index in [4.69, 9.17) is 0 Å². The van der Waals surface area contributed by atoms with Crippen molar-refractivity contribution in [2.24, 2.45) is 7.05 Å². The largest absolute Gasteiger partial charge is 0.337 e. The number of amides is 2. The number of nitrogens with zero attached hydrogens (tertiary/aromatic N) is 3. The van der Waals surface area contributed by atoms with Crippen molar-refractivity contribution in [2.75, 3.05) is 31.5 Å². The molecule has 0 aliphatic rings. The van der Waals surface area contributed by atoms with Gasteiger partial charge in [-0.05, 0) is 18.7 Å². The molecule has 0 bridgehead atoms. The van der Waals surface area contributed by atoms with Crippen molar-refractivity contribution in [3.05, 3.63) is 36.4 Å². The van der Waals surface area contributed by atoms with Crippen molar-refractivity contribution in [3.63, 3.8) is 0 Å². The maximum atomic E-state index is 11.9. The molecule has 0 saturated heterocycles. The number of aryl methyl sites for hydroxylation is 1. The summed E-state index contributed by atoms with van der Waals surface area (Å²) in [5.74, 6) is 0.548. The zero-order valence-electron chi connectivity index (χ0n) is 14.0. The zero-order chi connectivity index (χ0) is 16.7. The second kappa shape index (κ2) is 8.33. The molecule has 2 amide bonds. The minimum absolute atomic E-state index is 0.227. The van der Waals surface area contributed by atoms with E-state index in [2.05, 4.69) is 34.5 Å². The summed E-state index contributed by atoms with van der Waals surface area (Å²) in [6.07, 6.45) is 0. The maximum absolute atomic E-state index is 11.9. The summed E-state index contributed by atoms with van der Waals surface area (Å²) < 4.78 is 1.76. The van der Waals surface area contributed by atoms with Gasteiger partial charge in [-0.15, -0.1) is 0 Å². The van der Waals surface area contributed by atoms with Gasteiger partial charge in [0.1, 0.15) is 0 Å². The molecule has 0 atom stereocenters. The molecular weight excluding hydrogens is 290 g/mol. The van der Waals surface area contributed by atoms with E-state index in [-0.39, 0.29) is 6.03 Å². The fourth-order valence-electron chi connectivity index (χ4n) is 2.44. The van der Waals surface area contributed by atoms with E-state index in [0.717, 1.165) is 30.9 Å². The summed E-state index contributed by atoms with van der Waals surface area (Å²) in [6.45, 7) is 7.66. The number of hydrogen-bond donors (Lipinski definition) is 2. The molecule has 0 radical (unpaired) electrons. The Morgan fingerprint density at radius 1 is 1.22 bits per heavy atom. The van der Waals surface area contributed by atoms with Gasteiger partial charge in [-0.2, -0.15) is 5.10 Å². The number of carbonyl (C=O) groups is 1. The highest BCUT2D eigenvalue weighted by Crippen LogP contribution is 2.21. The van der Waals surface area contributed by atoms with E-state index in [9.17, 15) is 4.79 Å². The number of benzene rings is 1. The molecule has 1 heterocycles. The van der Waals surface area contributed by atoms with E-state index in [0.29, 0.717) is 12.4 Å². The molecule has 1 aromatic heterocycles. The Balaban J connectivity index is 1.90. The van der Waals surface area contributed by atoms with E-state index >= 15 is 0 Å². The SMILES string of the molecule is CCN(CC)CCNC(=O)Nc1cc(-c2ccccc2)n(C)n1. The van der Waals surface area contributed by atoms with Crippen LogP contribution in [0.3, 0.4) is 0 Å². The second-order valence-corrected chi connectivity index (χ2v) is 5.31. The van der Waals surface area contributed by atoms with Crippen LogP contribution in [0.2, 0.25) is 0 Å². The summed E-state index contributed by atoms with van der Waals surface area (Å²) in [5, 5.41) is 9.98. The first-order valence-electron chi connectivity index (χ1n) is 8.00. The highest BCUT2D eigenvalue weighted by atomic mass is 16.2. The van der Waals surface area contributed by atoms with Crippen LogP contribution in [0.5, 0.6) is 0 Å². The molecule has 0 saturated carbocycles. The lowest BCUT2D eigenvalue weighted by Gasteiger charge is -2.17. The highest BCUT2D eigenvalue weighted by Gasteiger charge is 2.09. The smallest absolute Gasteiger partial charge is 0.320 e. The van der Waals surface area contributed by atoms with Gasteiger partial charge in [-0.1, -0.05) is 44.2 Å². The molecule has 2 N–H and O–H groups in total. The molecule has 0 spiro atoms. The van der Waals surface area contributed by atoms with Crippen LogP contribution in [0.25, 0.3) is 11.3 Å². The van der Waals surface area contributed by atoms with Crippen molar-refractivity contribution in [1.29, 1.82) is 0 Å². The summed E-state index contributed by atoms with van der Waals surface area (Å²) in [7, 11) is 1.87. The highest BCUT2D eigenvalue weighted by molar-refractivity contribution is 5.88. The van der Waals surface area contributed by atoms with Gasteiger partial charge in [0.05, 0.1) is 5.69 Å². The van der Waals surface area contributed by atoms with Gasteiger partial charge in [0.2, 0.25) is 0 Å². The fourth-order valence-corrected chi connectivity index (χ4v) is 2.44. The molecule has 6 nitrogen and oxygen atoms in total. The number of rotatable bonds is 7. The molecule has 0 aliphatic carbocycles. The van der Waals surface area contributed by atoms with Gasteiger partial charge in [-0.3, -0.25) is 10.00 Å².